The number of nitrogens with zero attached hydrogens (tertiary/aromatic N) is 3. The van der Waals surface area contributed by atoms with Crippen LogP contribution in [0.5, 0.6) is 0 Å². The summed E-state index contributed by atoms with van der Waals surface area (Å²) < 4.78 is 7.00. The molecule has 0 spiro atoms. The van der Waals surface area contributed by atoms with Gasteiger partial charge in [0.2, 0.25) is 0 Å². The average Bonchev–Trinajstić information content (AvgIpc) is 2.78. The van der Waals surface area contributed by atoms with Gasteiger partial charge in [-0.1, -0.05) is 6.07 Å². The van der Waals surface area contributed by atoms with Gasteiger partial charge in [-0.15, -0.1) is 0 Å². The van der Waals surface area contributed by atoms with E-state index in [1.54, 1.807) is 24.3 Å². The van der Waals surface area contributed by atoms with Crippen molar-refractivity contribution in [1.29, 1.82) is 0 Å². The highest BCUT2D eigenvalue weighted by atomic mass is 79.9. The zero-order valence-electron chi connectivity index (χ0n) is 8.50. The summed E-state index contributed by atoms with van der Waals surface area (Å²) >= 11 is 3.25. The number of pyridine rings is 1. The van der Waals surface area contributed by atoms with Crippen molar-refractivity contribution in [3.8, 4) is 5.82 Å². The average molecular weight is 292 g/mol. The Kier molecular flexibility index (Phi) is 2.29. The number of furan rings is 1. The number of aromatic nitrogens is 3. The predicted molar refractivity (Wildman–Crippen MR) is 65.1 cm³/mol. The van der Waals surface area contributed by atoms with E-state index in [4.69, 9.17) is 4.42 Å². The van der Waals surface area contributed by atoms with Crippen LogP contribution in [-0.2, 0) is 0 Å². The first kappa shape index (κ1) is 10.2. The summed E-state index contributed by atoms with van der Waals surface area (Å²) in [6.07, 6.45) is 2.96. The van der Waals surface area contributed by atoms with Crippen LogP contribution in [0.3, 0.4) is 0 Å². The molecule has 3 heterocycles. The minimum atomic E-state index is -0.248. The van der Waals surface area contributed by atoms with E-state index >= 15 is 0 Å². The topological polar surface area (TPSA) is 60.9 Å². The van der Waals surface area contributed by atoms with Gasteiger partial charge in [0.15, 0.2) is 11.4 Å². The molecule has 3 aromatic heterocycles. The molecule has 3 rings (SSSR count). The Balaban J connectivity index is 2.31. The van der Waals surface area contributed by atoms with E-state index in [1.165, 1.54) is 17.1 Å². The molecule has 0 unspecified atom stereocenters. The minimum absolute atomic E-state index is 0.248. The van der Waals surface area contributed by atoms with Crippen molar-refractivity contribution in [3.63, 3.8) is 0 Å². The van der Waals surface area contributed by atoms with E-state index in [-0.39, 0.29) is 5.56 Å². The number of fused-ring (bicyclic) bond motifs is 1. The number of halogens is 1. The molecule has 0 aliphatic heterocycles. The maximum Gasteiger partial charge on any atom is 0.284 e. The summed E-state index contributed by atoms with van der Waals surface area (Å²) in [5, 5.41) is 4.50. The highest BCUT2D eigenvalue weighted by Gasteiger charge is 2.08. The monoisotopic (exact) mass is 291 g/mol. The van der Waals surface area contributed by atoms with Crippen LogP contribution in [0.15, 0.2) is 50.5 Å². The Hall–Kier alpha value is -1.95. The molecular weight excluding hydrogens is 286 g/mol. The predicted octanol–water partition coefficient (Wildman–Crippen LogP) is 2.14. The van der Waals surface area contributed by atoms with Crippen molar-refractivity contribution in [3.05, 3.63) is 51.7 Å². The van der Waals surface area contributed by atoms with E-state index in [1.807, 2.05) is 0 Å². The number of hydrogen-bond acceptors (Lipinski definition) is 4. The molecular formula is C11H6BrN3O2. The fourth-order valence-electron chi connectivity index (χ4n) is 1.55. The Labute approximate surface area is 104 Å². The van der Waals surface area contributed by atoms with E-state index in [0.29, 0.717) is 21.4 Å². The fraction of sp³-hybridized carbons (Fsp3) is 0. The highest BCUT2D eigenvalue weighted by Crippen LogP contribution is 2.11. The van der Waals surface area contributed by atoms with Crippen molar-refractivity contribution in [2.45, 2.75) is 0 Å². The lowest BCUT2D eigenvalue weighted by Gasteiger charge is -2.02. The smallest absolute Gasteiger partial charge is 0.284 e. The Morgan fingerprint density at radius 2 is 2.18 bits per heavy atom. The maximum atomic E-state index is 12.1. The van der Waals surface area contributed by atoms with Crippen molar-refractivity contribution >= 4 is 26.9 Å². The second-order valence-corrected chi connectivity index (χ2v) is 4.19. The first-order valence-electron chi connectivity index (χ1n) is 4.84. The molecule has 0 radical (unpaired) electrons. The Morgan fingerprint density at radius 1 is 1.29 bits per heavy atom. The van der Waals surface area contributed by atoms with E-state index in [0.717, 1.165) is 0 Å². The molecule has 84 valence electrons. The van der Waals surface area contributed by atoms with Gasteiger partial charge in [-0.05, 0) is 34.1 Å². The number of hydrogen-bond donors (Lipinski definition) is 0. The second kappa shape index (κ2) is 3.81. The lowest BCUT2D eigenvalue weighted by atomic mass is 10.3. The third-order valence-electron chi connectivity index (χ3n) is 2.33. The van der Waals surface area contributed by atoms with Gasteiger partial charge >= 0.3 is 0 Å². The van der Waals surface area contributed by atoms with Crippen LogP contribution in [0.4, 0.5) is 0 Å². The van der Waals surface area contributed by atoms with E-state index in [2.05, 4.69) is 26.0 Å². The second-order valence-electron chi connectivity index (χ2n) is 3.38. The quantitative estimate of drug-likeness (QED) is 0.645. The summed E-state index contributed by atoms with van der Waals surface area (Å²) in [6.45, 7) is 0. The van der Waals surface area contributed by atoms with Crippen molar-refractivity contribution in [2.75, 3.05) is 0 Å². The standard InChI is InChI=1S/C11H6BrN3O2/c12-9-2-1-3-10(14-9)15-11(16)7-4-5-17-8(7)6-13-15/h1-6H. The van der Waals surface area contributed by atoms with Crippen LogP contribution in [-0.4, -0.2) is 14.8 Å². The van der Waals surface area contributed by atoms with Gasteiger partial charge in [-0.25, -0.2) is 4.98 Å². The molecule has 0 N–H and O–H groups in total. The van der Waals surface area contributed by atoms with Gasteiger partial charge in [0, 0.05) is 0 Å². The molecule has 0 atom stereocenters. The zero-order chi connectivity index (χ0) is 11.8. The van der Waals surface area contributed by atoms with Crippen LogP contribution in [0.1, 0.15) is 0 Å². The first-order chi connectivity index (χ1) is 8.25. The summed E-state index contributed by atoms with van der Waals surface area (Å²) in [6, 6.07) is 6.91. The molecule has 0 aromatic carbocycles. The minimum Gasteiger partial charge on any atom is -0.462 e. The van der Waals surface area contributed by atoms with Gasteiger partial charge < -0.3 is 4.42 Å². The van der Waals surface area contributed by atoms with Gasteiger partial charge in [0.25, 0.3) is 5.56 Å². The first-order valence-corrected chi connectivity index (χ1v) is 5.63. The Bertz CT molecular complexity index is 748. The third kappa shape index (κ3) is 1.66. The van der Waals surface area contributed by atoms with Gasteiger partial charge in [-0.2, -0.15) is 9.78 Å². The van der Waals surface area contributed by atoms with Gasteiger partial charge in [0.1, 0.15) is 4.60 Å². The molecule has 5 nitrogen and oxygen atoms in total. The molecule has 3 aromatic rings. The van der Waals surface area contributed by atoms with Gasteiger partial charge in [0.05, 0.1) is 17.8 Å². The molecule has 17 heavy (non-hydrogen) atoms. The summed E-state index contributed by atoms with van der Waals surface area (Å²) in [5.41, 5.74) is 0.225. The molecule has 0 aliphatic carbocycles. The summed E-state index contributed by atoms with van der Waals surface area (Å²) in [4.78, 5) is 16.3. The van der Waals surface area contributed by atoms with Crippen molar-refractivity contribution in [2.24, 2.45) is 0 Å². The normalized spacial score (nSPS) is 10.9. The van der Waals surface area contributed by atoms with Crippen LogP contribution < -0.4 is 5.56 Å². The summed E-state index contributed by atoms with van der Waals surface area (Å²) in [7, 11) is 0. The van der Waals surface area contributed by atoms with Gasteiger partial charge in [-0.3, -0.25) is 4.79 Å². The molecule has 0 fully saturated rings. The highest BCUT2D eigenvalue weighted by molar-refractivity contribution is 9.10. The molecule has 0 bridgehead atoms. The molecule has 0 amide bonds. The Morgan fingerprint density at radius 3 is 3.00 bits per heavy atom. The lowest BCUT2D eigenvalue weighted by molar-refractivity contribution is 0.610. The lowest BCUT2D eigenvalue weighted by Crippen LogP contribution is -2.21. The maximum absolute atomic E-state index is 12.1. The molecule has 6 heteroatoms. The molecule has 0 saturated heterocycles. The zero-order valence-corrected chi connectivity index (χ0v) is 10.1. The largest absolute Gasteiger partial charge is 0.462 e. The van der Waals surface area contributed by atoms with Crippen LogP contribution in [0.2, 0.25) is 0 Å². The fourth-order valence-corrected chi connectivity index (χ4v) is 1.89. The van der Waals surface area contributed by atoms with Crippen LogP contribution >= 0.6 is 15.9 Å². The molecule has 0 aliphatic rings. The third-order valence-corrected chi connectivity index (χ3v) is 2.77. The van der Waals surface area contributed by atoms with E-state index < -0.39 is 0 Å². The van der Waals surface area contributed by atoms with Crippen LogP contribution in [0, 0.1) is 0 Å². The summed E-state index contributed by atoms with van der Waals surface area (Å²) in [5.74, 6) is 0.465. The van der Waals surface area contributed by atoms with Crippen molar-refractivity contribution < 1.29 is 4.42 Å². The SMILES string of the molecule is O=c1c2ccoc2cnn1-c1cccc(Br)n1. The van der Waals surface area contributed by atoms with E-state index in [9.17, 15) is 4.79 Å². The van der Waals surface area contributed by atoms with Crippen molar-refractivity contribution in [1.82, 2.24) is 14.8 Å². The number of rotatable bonds is 1. The molecule has 0 saturated carbocycles. The van der Waals surface area contributed by atoms with Crippen LogP contribution in [0.25, 0.3) is 16.8 Å².